The highest BCUT2D eigenvalue weighted by Gasteiger charge is 2.42. The Bertz CT molecular complexity index is 325. The third-order valence-electron chi connectivity index (χ3n) is 5.73. The minimum Gasteiger partial charge on any atom is -0.335 e. The number of urea groups is 1. The Morgan fingerprint density at radius 2 is 1.84 bits per heavy atom. The fourth-order valence-electron chi connectivity index (χ4n) is 4.69. The fraction of sp³-hybridized carbons (Fsp3) is 0.938. The van der Waals surface area contributed by atoms with Crippen LogP contribution in [0.15, 0.2) is 0 Å². The molecule has 2 amide bonds. The van der Waals surface area contributed by atoms with E-state index in [9.17, 15) is 4.79 Å². The van der Waals surface area contributed by atoms with Gasteiger partial charge in [-0.25, -0.2) is 4.79 Å². The zero-order valence-electron chi connectivity index (χ0n) is 12.2. The Morgan fingerprint density at radius 3 is 2.47 bits per heavy atom. The van der Waals surface area contributed by atoms with Gasteiger partial charge in [0.05, 0.1) is 0 Å². The molecule has 3 aliphatic rings. The monoisotopic (exact) mass is 264 g/mol. The van der Waals surface area contributed by atoms with Gasteiger partial charge in [-0.3, -0.25) is 0 Å². The number of fused-ring (bicyclic) bond motifs is 2. The van der Waals surface area contributed by atoms with Crippen LogP contribution in [0, 0.1) is 17.8 Å². The highest BCUT2D eigenvalue weighted by molar-refractivity contribution is 5.74. The molecule has 3 rings (SSSR count). The molecular formula is C16H28N2O. The van der Waals surface area contributed by atoms with E-state index in [-0.39, 0.29) is 6.03 Å². The van der Waals surface area contributed by atoms with Crippen molar-refractivity contribution in [2.75, 3.05) is 0 Å². The maximum Gasteiger partial charge on any atom is 0.315 e. The van der Waals surface area contributed by atoms with Crippen LogP contribution in [-0.4, -0.2) is 18.1 Å². The molecule has 3 nitrogen and oxygen atoms in total. The fourth-order valence-corrected chi connectivity index (χ4v) is 4.69. The molecule has 0 unspecified atom stereocenters. The predicted molar refractivity (Wildman–Crippen MR) is 76.9 cm³/mol. The lowest BCUT2D eigenvalue weighted by Crippen LogP contribution is -2.48. The van der Waals surface area contributed by atoms with E-state index in [0.717, 1.165) is 30.6 Å². The molecule has 2 N–H and O–H groups in total. The van der Waals surface area contributed by atoms with Gasteiger partial charge >= 0.3 is 6.03 Å². The van der Waals surface area contributed by atoms with E-state index in [4.69, 9.17) is 0 Å². The lowest BCUT2D eigenvalue weighted by molar-refractivity contribution is 0.213. The van der Waals surface area contributed by atoms with E-state index >= 15 is 0 Å². The second-order valence-electron chi connectivity index (χ2n) is 7.08. The summed E-state index contributed by atoms with van der Waals surface area (Å²) in [6.45, 7) is 2.20. The van der Waals surface area contributed by atoms with Gasteiger partial charge in [-0.2, -0.15) is 0 Å². The molecule has 0 aromatic rings. The predicted octanol–water partition coefficient (Wildman–Crippen LogP) is 3.44. The minimum atomic E-state index is 0.0715. The largest absolute Gasteiger partial charge is 0.335 e. The first-order valence-electron chi connectivity index (χ1n) is 8.29. The van der Waals surface area contributed by atoms with Crippen LogP contribution >= 0.6 is 0 Å². The zero-order valence-corrected chi connectivity index (χ0v) is 12.2. The molecule has 19 heavy (non-hydrogen) atoms. The van der Waals surface area contributed by atoms with Crippen LogP contribution in [0.1, 0.15) is 64.7 Å². The second-order valence-corrected chi connectivity index (χ2v) is 7.08. The summed E-state index contributed by atoms with van der Waals surface area (Å²) in [7, 11) is 0. The lowest BCUT2D eigenvalue weighted by atomic mass is 9.84. The average molecular weight is 264 g/mol. The molecule has 0 radical (unpaired) electrons. The zero-order chi connectivity index (χ0) is 13.2. The van der Waals surface area contributed by atoms with Crippen molar-refractivity contribution in [2.45, 2.75) is 76.8 Å². The number of amides is 2. The van der Waals surface area contributed by atoms with Gasteiger partial charge in [0.25, 0.3) is 0 Å². The van der Waals surface area contributed by atoms with Gasteiger partial charge in [0.1, 0.15) is 0 Å². The van der Waals surface area contributed by atoms with E-state index in [1.165, 1.54) is 44.9 Å². The first-order chi connectivity index (χ1) is 9.22. The number of carbonyl (C=O) groups is 1. The van der Waals surface area contributed by atoms with Crippen molar-refractivity contribution in [3.8, 4) is 0 Å². The van der Waals surface area contributed by atoms with E-state index in [1.54, 1.807) is 0 Å². The molecule has 4 atom stereocenters. The van der Waals surface area contributed by atoms with Crippen molar-refractivity contribution < 1.29 is 4.79 Å². The maximum atomic E-state index is 12.1. The normalized spacial score (nSPS) is 36.2. The molecule has 3 saturated carbocycles. The quantitative estimate of drug-likeness (QED) is 0.805. The Kier molecular flexibility index (Phi) is 3.99. The summed E-state index contributed by atoms with van der Waals surface area (Å²) in [4.78, 5) is 12.1. The van der Waals surface area contributed by atoms with Crippen LogP contribution in [0.5, 0.6) is 0 Å². The van der Waals surface area contributed by atoms with Gasteiger partial charge < -0.3 is 10.6 Å². The number of hydrogen-bond donors (Lipinski definition) is 2. The van der Waals surface area contributed by atoms with Crippen LogP contribution in [0.3, 0.4) is 0 Å². The average Bonchev–Trinajstić information content (AvgIpc) is 3.02. The summed E-state index contributed by atoms with van der Waals surface area (Å²) in [5.41, 5.74) is 0. The van der Waals surface area contributed by atoms with Crippen molar-refractivity contribution in [2.24, 2.45) is 17.8 Å². The molecule has 0 aliphatic heterocycles. The van der Waals surface area contributed by atoms with Crippen molar-refractivity contribution in [3.05, 3.63) is 0 Å². The first kappa shape index (κ1) is 13.3. The Labute approximate surface area is 116 Å². The van der Waals surface area contributed by atoms with Gasteiger partial charge in [0, 0.05) is 12.1 Å². The van der Waals surface area contributed by atoms with E-state index in [2.05, 4.69) is 17.6 Å². The molecule has 3 fully saturated rings. The summed E-state index contributed by atoms with van der Waals surface area (Å²) >= 11 is 0. The molecule has 0 aromatic carbocycles. The van der Waals surface area contributed by atoms with Crippen molar-refractivity contribution >= 4 is 6.03 Å². The number of hydrogen-bond acceptors (Lipinski definition) is 1. The molecular weight excluding hydrogens is 236 g/mol. The van der Waals surface area contributed by atoms with Gasteiger partial charge in [0.15, 0.2) is 0 Å². The second kappa shape index (κ2) is 5.72. The molecule has 0 saturated heterocycles. The SMILES string of the molecule is C[C@H](NC(=O)NC1CCCCC1)[C@H]1C[C@H]2CC[C@H]1C2. The standard InChI is InChI=1S/C16H28N2O/c1-11(15-10-12-7-8-13(15)9-12)17-16(19)18-14-5-3-2-4-6-14/h11-15H,2-10H2,1H3,(H2,17,18,19)/t11-,12-,13-,15+/m0/s1. The van der Waals surface area contributed by atoms with Gasteiger partial charge in [0.2, 0.25) is 0 Å². The van der Waals surface area contributed by atoms with Crippen LogP contribution in [0.25, 0.3) is 0 Å². The number of rotatable bonds is 3. The molecule has 3 heteroatoms. The van der Waals surface area contributed by atoms with Crippen molar-refractivity contribution in [1.82, 2.24) is 10.6 Å². The highest BCUT2D eigenvalue weighted by atomic mass is 16.2. The van der Waals surface area contributed by atoms with Gasteiger partial charge in [-0.05, 0) is 56.8 Å². The third kappa shape index (κ3) is 3.06. The van der Waals surface area contributed by atoms with Crippen LogP contribution in [0.4, 0.5) is 4.79 Å². The molecule has 3 aliphatic carbocycles. The van der Waals surface area contributed by atoms with E-state index in [1.807, 2.05) is 0 Å². The first-order valence-corrected chi connectivity index (χ1v) is 8.29. The number of carbonyl (C=O) groups excluding carboxylic acids is 1. The summed E-state index contributed by atoms with van der Waals surface area (Å²) in [5, 5.41) is 6.37. The molecule has 0 heterocycles. The van der Waals surface area contributed by atoms with Crippen molar-refractivity contribution in [1.29, 1.82) is 0 Å². The van der Waals surface area contributed by atoms with Crippen molar-refractivity contribution in [3.63, 3.8) is 0 Å². The summed E-state index contributed by atoms with van der Waals surface area (Å²) in [6.07, 6.45) is 11.8. The Balaban J connectivity index is 1.43. The van der Waals surface area contributed by atoms with Gasteiger partial charge in [-0.15, -0.1) is 0 Å². The minimum absolute atomic E-state index is 0.0715. The maximum absolute atomic E-state index is 12.1. The Hall–Kier alpha value is -0.730. The molecule has 108 valence electrons. The topological polar surface area (TPSA) is 41.1 Å². The van der Waals surface area contributed by atoms with Crippen LogP contribution in [-0.2, 0) is 0 Å². The van der Waals surface area contributed by atoms with Crippen LogP contribution < -0.4 is 10.6 Å². The van der Waals surface area contributed by atoms with Gasteiger partial charge in [-0.1, -0.05) is 25.7 Å². The van der Waals surface area contributed by atoms with Crippen LogP contribution in [0.2, 0.25) is 0 Å². The molecule has 2 bridgehead atoms. The smallest absolute Gasteiger partial charge is 0.315 e. The Morgan fingerprint density at radius 1 is 1.05 bits per heavy atom. The highest BCUT2D eigenvalue weighted by Crippen LogP contribution is 2.49. The summed E-state index contributed by atoms with van der Waals surface area (Å²) < 4.78 is 0. The third-order valence-corrected chi connectivity index (χ3v) is 5.73. The lowest BCUT2D eigenvalue weighted by Gasteiger charge is -2.30. The summed E-state index contributed by atoms with van der Waals surface area (Å²) in [6, 6.07) is 0.835. The van der Waals surface area contributed by atoms with E-state index in [0.29, 0.717) is 12.1 Å². The number of nitrogens with one attached hydrogen (secondary N) is 2. The summed E-state index contributed by atoms with van der Waals surface area (Å²) in [5.74, 6) is 2.58. The van der Waals surface area contributed by atoms with E-state index < -0.39 is 0 Å². The molecule has 0 aromatic heterocycles. The molecule has 0 spiro atoms.